The highest BCUT2D eigenvalue weighted by Gasteiger charge is 2.36. The smallest absolute Gasteiger partial charge is 0.305 e. The zero-order chi connectivity index (χ0) is 13.9. The van der Waals surface area contributed by atoms with E-state index in [-0.39, 0.29) is 12.3 Å². The molecule has 1 amide bonds. The summed E-state index contributed by atoms with van der Waals surface area (Å²) in [6.45, 7) is 0. The second-order valence-electron chi connectivity index (χ2n) is 5.26. The van der Waals surface area contributed by atoms with Crippen molar-refractivity contribution in [1.29, 1.82) is 0 Å². The van der Waals surface area contributed by atoms with Gasteiger partial charge in [0.15, 0.2) is 0 Å². The van der Waals surface area contributed by atoms with Crippen LogP contribution in [0, 0.1) is 0 Å². The molecule has 1 fully saturated rings. The van der Waals surface area contributed by atoms with Crippen molar-refractivity contribution in [1.82, 2.24) is 14.9 Å². The van der Waals surface area contributed by atoms with Gasteiger partial charge in [0.25, 0.3) is 5.91 Å². The molecule has 2 N–H and O–H groups in total. The van der Waals surface area contributed by atoms with Gasteiger partial charge < -0.3 is 15.0 Å². The topological polar surface area (TPSA) is 84.2 Å². The second-order valence-corrected chi connectivity index (χ2v) is 5.26. The standard InChI is InChI=1S/C13H19N3O3/c1-16-9-14-8-10(16)12(19)15-13(7-11(17)18)5-3-2-4-6-13/h8-9H,2-7H2,1H3,(H,15,19)(H,17,18). The Kier molecular flexibility index (Phi) is 3.87. The van der Waals surface area contributed by atoms with Gasteiger partial charge in [0.2, 0.25) is 0 Å². The first-order chi connectivity index (χ1) is 9.02. The maximum Gasteiger partial charge on any atom is 0.305 e. The largest absolute Gasteiger partial charge is 0.481 e. The van der Waals surface area contributed by atoms with Gasteiger partial charge in [-0.1, -0.05) is 19.3 Å². The Morgan fingerprint density at radius 1 is 1.42 bits per heavy atom. The SMILES string of the molecule is Cn1cncc1C(=O)NC1(CC(=O)O)CCCCC1. The Bertz CT molecular complexity index is 475. The van der Waals surface area contributed by atoms with Crippen LogP contribution in [0.1, 0.15) is 49.0 Å². The summed E-state index contributed by atoms with van der Waals surface area (Å²) in [4.78, 5) is 27.2. The van der Waals surface area contributed by atoms with Gasteiger partial charge >= 0.3 is 5.97 Å². The van der Waals surface area contributed by atoms with Gasteiger partial charge in [0.05, 0.1) is 24.5 Å². The monoisotopic (exact) mass is 265 g/mol. The minimum absolute atomic E-state index is 0.0173. The van der Waals surface area contributed by atoms with Gasteiger partial charge in [0.1, 0.15) is 5.69 Å². The maximum atomic E-state index is 12.2. The van der Waals surface area contributed by atoms with Crippen LogP contribution in [0.5, 0.6) is 0 Å². The molecule has 0 unspecified atom stereocenters. The summed E-state index contributed by atoms with van der Waals surface area (Å²) in [5, 5.41) is 12.0. The molecule has 2 rings (SSSR count). The van der Waals surface area contributed by atoms with E-state index in [0.717, 1.165) is 32.1 Å². The fourth-order valence-corrected chi connectivity index (χ4v) is 2.74. The molecule has 1 aliphatic rings. The van der Waals surface area contributed by atoms with E-state index in [1.54, 1.807) is 17.9 Å². The summed E-state index contributed by atoms with van der Waals surface area (Å²) in [6, 6.07) is 0. The molecule has 0 atom stereocenters. The number of amides is 1. The number of aliphatic carboxylic acids is 1. The highest BCUT2D eigenvalue weighted by Crippen LogP contribution is 2.31. The Hall–Kier alpha value is -1.85. The van der Waals surface area contributed by atoms with Crippen LogP contribution in [-0.2, 0) is 11.8 Å². The lowest BCUT2D eigenvalue weighted by Gasteiger charge is -2.36. The van der Waals surface area contributed by atoms with E-state index in [1.165, 1.54) is 6.20 Å². The number of rotatable bonds is 4. The average Bonchev–Trinajstić information content (AvgIpc) is 2.75. The minimum atomic E-state index is -0.868. The van der Waals surface area contributed by atoms with E-state index in [9.17, 15) is 9.59 Å². The molecule has 0 bridgehead atoms. The van der Waals surface area contributed by atoms with Crippen LogP contribution >= 0.6 is 0 Å². The van der Waals surface area contributed by atoms with Crippen LogP contribution in [0.15, 0.2) is 12.5 Å². The summed E-state index contributed by atoms with van der Waals surface area (Å²) >= 11 is 0. The molecule has 0 spiro atoms. The van der Waals surface area contributed by atoms with Crippen LogP contribution in [0.3, 0.4) is 0 Å². The number of nitrogens with one attached hydrogen (secondary N) is 1. The lowest BCUT2D eigenvalue weighted by molar-refractivity contribution is -0.139. The molecule has 104 valence electrons. The van der Waals surface area contributed by atoms with Gasteiger partial charge in [-0.05, 0) is 12.8 Å². The number of hydrogen-bond donors (Lipinski definition) is 2. The molecule has 1 saturated carbocycles. The van der Waals surface area contributed by atoms with Crippen LogP contribution < -0.4 is 5.32 Å². The van der Waals surface area contributed by atoms with E-state index in [1.807, 2.05) is 0 Å². The number of carbonyl (C=O) groups is 2. The molecule has 0 aromatic carbocycles. The Labute approximate surface area is 111 Å². The van der Waals surface area contributed by atoms with Crippen molar-refractivity contribution in [2.75, 3.05) is 0 Å². The number of carbonyl (C=O) groups excluding carboxylic acids is 1. The lowest BCUT2D eigenvalue weighted by atomic mass is 9.79. The molecule has 6 nitrogen and oxygen atoms in total. The summed E-state index contributed by atoms with van der Waals surface area (Å²) in [6.07, 6.45) is 7.50. The fraction of sp³-hybridized carbons (Fsp3) is 0.615. The Morgan fingerprint density at radius 3 is 2.63 bits per heavy atom. The number of aromatic nitrogens is 2. The lowest BCUT2D eigenvalue weighted by Crippen LogP contribution is -2.51. The van der Waals surface area contributed by atoms with Crippen LogP contribution in [-0.4, -0.2) is 32.1 Å². The Morgan fingerprint density at radius 2 is 2.11 bits per heavy atom. The van der Waals surface area contributed by atoms with Crippen LogP contribution in [0.2, 0.25) is 0 Å². The third-order valence-electron chi connectivity index (χ3n) is 3.73. The number of carboxylic acid groups (broad SMARTS) is 1. The van der Waals surface area contributed by atoms with E-state index >= 15 is 0 Å². The van der Waals surface area contributed by atoms with E-state index in [0.29, 0.717) is 5.69 Å². The van der Waals surface area contributed by atoms with E-state index in [4.69, 9.17) is 5.11 Å². The van der Waals surface area contributed by atoms with Crippen molar-refractivity contribution in [2.24, 2.45) is 7.05 Å². The molecule has 6 heteroatoms. The molecule has 0 radical (unpaired) electrons. The predicted molar refractivity (Wildman–Crippen MR) is 68.7 cm³/mol. The van der Waals surface area contributed by atoms with Crippen molar-refractivity contribution in [3.05, 3.63) is 18.2 Å². The third kappa shape index (κ3) is 3.13. The van der Waals surface area contributed by atoms with Crippen molar-refractivity contribution < 1.29 is 14.7 Å². The molecule has 1 heterocycles. The van der Waals surface area contributed by atoms with Crippen molar-refractivity contribution in [3.63, 3.8) is 0 Å². The van der Waals surface area contributed by atoms with Crippen molar-refractivity contribution in [3.8, 4) is 0 Å². The first kappa shape index (κ1) is 13.6. The second kappa shape index (κ2) is 5.42. The van der Waals surface area contributed by atoms with Crippen molar-refractivity contribution >= 4 is 11.9 Å². The summed E-state index contributed by atoms with van der Waals surface area (Å²) in [5.74, 6) is -1.12. The van der Waals surface area contributed by atoms with E-state index in [2.05, 4.69) is 10.3 Å². The maximum absolute atomic E-state index is 12.2. The molecule has 1 aromatic rings. The number of nitrogens with zero attached hydrogens (tertiary/aromatic N) is 2. The number of aryl methyl sites for hydroxylation is 1. The first-order valence-corrected chi connectivity index (χ1v) is 6.53. The number of carboxylic acids is 1. The molecule has 0 aliphatic heterocycles. The molecule has 0 saturated heterocycles. The van der Waals surface area contributed by atoms with Gasteiger partial charge in [-0.25, -0.2) is 4.98 Å². The third-order valence-corrected chi connectivity index (χ3v) is 3.73. The summed E-state index contributed by atoms with van der Waals surface area (Å²) < 4.78 is 1.63. The van der Waals surface area contributed by atoms with Crippen LogP contribution in [0.4, 0.5) is 0 Å². The predicted octanol–water partition coefficient (Wildman–Crippen LogP) is 1.33. The molecular weight excluding hydrogens is 246 g/mol. The first-order valence-electron chi connectivity index (χ1n) is 6.53. The molecular formula is C13H19N3O3. The molecule has 1 aromatic heterocycles. The molecule has 19 heavy (non-hydrogen) atoms. The van der Waals surface area contributed by atoms with Crippen molar-refractivity contribution in [2.45, 2.75) is 44.1 Å². The quantitative estimate of drug-likeness (QED) is 0.860. The summed E-state index contributed by atoms with van der Waals surface area (Å²) in [5.41, 5.74) is -0.152. The van der Waals surface area contributed by atoms with E-state index < -0.39 is 11.5 Å². The zero-order valence-corrected chi connectivity index (χ0v) is 11.1. The average molecular weight is 265 g/mol. The normalized spacial score (nSPS) is 17.9. The minimum Gasteiger partial charge on any atom is -0.481 e. The summed E-state index contributed by atoms with van der Waals surface area (Å²) in [7, 11) is 1.74. The van der Waals surface area contributed by atoms with Gasteiger partial charge in [-0.15, -0.1) is 0 Å². The highest BCUT2D eigenvalue weighted by molar-refractivity contribution is 5.93. The highest BCUT2D eigenvalue weighted by atomic mass is 16.4. The number of hydrogen-bond acceptors (Lipinski definition) is 3. The fourth-order valence-electron chi connectivity index (χ4n) is 2.74. The van der Waals surface area contributed by atoms with Gasteiger partial charge in [0, 0.05) is 7.05 Å². The van der Waals surface area contributed by atoms with Gasteiger partial charge in [-0.2, -0.15) is 0 Å². The zero-order valence-electron chi connectivity index (χ0n) is 11.1. The number of imidazole rings is 1. The van der Waals surface area contributed by atoms with Gasteiger partial charge in [-0.3, -0.25) is 9.59 Å². The Balaban J connectivity index is 2.14. The molecule has 1 aliphatic carbocycles. The van der Waals surface area contributed by atoms with Crippen LogP contribution in [0.25, 0.3) is 0 Å².